The minimum Gasteiger partial charge on any atom is -0.495 e. The van der Waals surface area contributed by atoms with Crippen molar-refractivity contribution in [2.75, 3.05) is 32.6 Å². The van der Waals surface area contributed by atoms with E-state index in [1.807, 2.05) is 13.0 Å². The molecule has 2 aromatic rings. The highest BCUT2D eigenvalue weighted by Gasteiger charge is 2.29. The number of nitrogens with one attached hydrogen (secondary N) is 1. The maximum absolute atomic E-state index is 13.3. The molecule has 0 unspecified atom stereocenters. The molecular formula is C22H28N2O5S. The lowest BCUT2D eigenvalue weighted by Crippen LogP contribution is -2.32. The van der Waals surface area contributed by atoms with Gasteiger partial charge in [-0.25, -0.2) is 8.42 Å². The summed E-state index contributed by atoms with van der Waals surface area (Å²) in [5.74, 6) is 0.331. The molecule has 1 amide bonds. The number of nitrogens with zero attached hydrogens (tertiary/aromatic N) is 1. The van der Waals surface area contributed by atoms with Gasteiger partial charge in [0, 0.05) is 18.7 Å². The maximum Gasteiger partial charge on any atom is 0.255 e. The van der Waals surface area contributed by atoms with E-state index >= 15 is 0 Å². The molecule has 1 fully saturated rings. The van der Waals surface area contributed by atoms with Crippen LogP contribution in [0.15, 0.2) is 41.3 Å². The van der Waals surface area contributed by atoms with Crippen molar-refractivity contribution in [2.24, 2.45) is 0 Å². The molecule has 1 aliphatic heterocycles. The van der Waals surface area contributed by atoms with Gasteiger partial charge < -0.3 is 14.8 Å². The Balaban J connectivity index is 1.94. The quantitative estimate of drug-likeness (QED) is 0.750. The molecule has 30 heavy (non-hydrogen) atoms. The second-order valence-corrected chi connectivity index (χ2v) is 9.25. The summed E-state index contributed by atoms with van der Waals surface area (Å²) >= 11 is 0. The summed E-state index contributed by atoms with van der Waals surface area (Å²) < 4.78 is 38.7. The first-order chi connectivity index (χ1) is 14.4. The number of benzene rings is 2. The summed E-state index contributed by atoms with van der Waals surface area (Å²) in [6.07, 6.45) is 3.69. The zero-order valence-electron chi connectivity index (χ0n) is 17.6. The van der Waals surface area contributed by atoms with E-state index < -0.39 is 15.9 Å². The first kappa shape index (κ1) is 22.1. The highest BCUT2D eigenvalue weighted by Crippen LogP contribution is 2.31. The molecule has 3 rings (SSSR count). The van der Waals surface area contributed by atoms with Crippen molar-refractivity contribution < 1.29 is 22.7 Å². The standard InChI is InChI=1S/C22H28N2O5S/c1-16-8-10-19(28-2)18(14-16)23-22(25)17-9-11-20(29-3)21(15-17)30(26,27)24-12-6-4-5-7-13-24/h8-11,14-15H,4-7,12-13H2,1-3H3,(H,23,25). The maximum atomic E-state index is 13.3. The molecule has 0 aliphatic carbocycles. The molecular weight excluding hydrogens is 404 g/mol. The van der Waals surface area contributed by atoms with Crippen LogP contribution < -0.4 is 14.8 Å². The van der Waals surface area contributed by atoms with E-state index in [1.54, 1.807) is 18.2 Å². The fraction of sp³-hybridized carbons (Fsp3) is 0.409. The molecule has 0 bridgehead atoms. The lowest BCUT2D eigenvalue weighted by atomic mass is 10.1. The summed E-state index contributed by atoms with van der Waals surface area (Å²) in [5, 5.41) is 2.81. The van der Waals surface area contributed by atoms with Crippen LogP contribution in [0.25, 0.3) is 0 Å². The highest BCUT2D eigenvalue weighted by atomic mass is 32.2. The van der Waals surface area contributed by atoms with Gasteiger partial charge in [-0.2, -0.15) is 4.31 Å². The fourth-order valence-electron chi connectivity index (χ4n) is 3.55. The molecule has 1 saturated heterocycles. The number of hydrogen-bond acceptors (Lipinski definition) is 5. The Morgan fingerprint density at radius 2 is 1.57 bits per heavy atom. The minimum absolute atomic E-state index is 0.00996. The van der Waals surface area contributed by atoms with Crippen molar-refractivity contribution in [3.8, 4) is 11.5 Å². The Kier molecular flexibility index (Phi) is 6.99. The molecule has 1 heterocycles. The van der Waals surface area contributed by atoms with Crippen LogP contribution in [-0.4, -0.2) is 45.9 Å². The van der Waals surface area contributed by atoms with Crippen LogP contribution in [0.1, 0.15) is 41.6 Å². The van der Waals surface area contributed by atoms with Crippen molar-refractivity contribution in [1.29, 1.82) is 0 Å². The van der Waals surface area contributed by atoms with Gasteiger partial charge in [-0.1, -0.05) is 18.9 Å². The molecule has 162 valence electrons. The van der Waals surface area contributed by atoms with Crippen molar-refractivity contribution in [3.05, 3.63) is 47.5 Å². The number of amides is 1. The van der Waals surface area contributed by atoms with Crippen LogP contribution in [0.4, 0.5) is 5.69 Å². The van der Waals surface area contributed by atoms with Gasteiger partial charge in [0.1, 0.15) is 16.4 Å². The predicted molar refractivity (Wildman–Crippen MR) is 116 cm³/mol. The number of aryl methyl sites for hydroxylation is 1. The van der Waals surface area contributed by atoms with Crippen LogP contribution >= 0.6 is 0 Å². The molecule has 0 aromatic heterocycles. The summed E-state index contributed by atoms with van der Waals surface area (Å²) in [4.78, 5) is 12.9. The summed E-state index contributed by atoms with van der Waals surface area (Å²) in [5.41, 5.74) is 1.72. The van der Waals surface area contributed by atoms with Gasteiger partial charge in [0.15, 0.2) is 0 Å². The minimum atomic E-state index is -3.77. The molecule has 0 atom stereocenters. The Labute approximate surface area is 178 Å². The third kappa shape index (κ3) is 4.76. The summed E-state index contributed by atoms with van der Waals surface area (Å²) in [6, 6.07) is 9.92. The number of hydrogen-bond donors (Lipinski definition) is 1. The van der Waals surface area contributed by atoms with Crippen molar-refractivity contribution in [1.82, 2.24) is 4.31 Å². The van der Waals surface area contributed by atoms with Crippen LogP contribution in [-0.2, 0) is 10.0 Å². The number of anilines is 1. The number of rotatable bonds is 6. The monoisotopic (exact) mass is 432 g/mol. The molecule has 2 aromatic carbocycles. The van der Waals surface area contributed by atoms with Crippen molar-refractivity contribution >= 4 is 21.6 Å². The molecule has 1 aliphatic rings. The largest absolute Gasteiger partial charge is 0.495 e. The zero-order chi connectivity index (χ0) is 21.7. The lowest BCUT2D eigenvalue weighted by Gasteiger charge is -2.21. The third-order valence-electron chi connectivity index (χ3n) is 5.21. The molecule has 1 N–H and O–H groups in total. The van der Waals surface area contributed by atoms with E-state index in [9.17, 15) is 13.2 Å². The van der Waals surface area contributed by atoms with Gasteiger partial charge in [0.2, 0.25) is 10.0 Å². The Morgan fingerprint density at radius 1 is 0.933 bits per heavy atom. The first-order valence-corrected chi connectivity index (χ1v) is 11.4. The van der Waals surface area contributed by atoms with Gasteiger partial charge in [-0.3, -0.25) is 4.79 Å². The van der Waals surface area contributed by atoms with Crippen LogP contribution in [0.3, 0.4) is 0 Å². The van der Waals surface area contributed by atoms with Gasteiger partial charge in [0.25, 0.3) is 5.91 Å². The van der Waals surface area contributed by atoms with E-state index in [2.05, 4.69) is 5.32 Å². The summed E-state index contributed by atoms with van der Waals surface area (Å²) in [6.45, 7) is 2.86. The number of ether oxygens (including phenoxy) is 2. The lowest BCUT2D eigenvalue weighted by molar-refractivity contribution is 0.102. The van der Waals surface area contributed by atoms with Crippen molar-refractivity contribution in [3.63, 3.8) is 0 Å². The number of carbonyl (C=O) groups excluding carboxylic acids is 1. The average molecular weight is 433 g/mol. The van der Waals surface area contributed by atoms with Crippen LogP contribution in [0, 0.1) is 6.92 Å². The molecule has 7 nitrogen and oxygen atoms in total. The second-order valence-electron chi connectivity index (χ2n) is 7.34. The van der Waals surface area contributed by atoms with E-state index in [-0.39, 0.29) is 16.2 Å². The van der Waals surface area contributed by atoms with Gasteiger partial charge in [-0.15, -0.1) is 0 Å². The van der Waals surface area contributed by atoms with Gasteiger partial charge >= 0.3 is 0 Å². The summed E-state index contributed by atoms with van der Waals surface area (Å²) in [7, 11) is -0.821. The first-order valence-electron chi connectivity index (χ1n) is 10.0. The van der Waals surface area contributed by atoms with Crippen LogP contribution in [0.2, 0.25) is 0 Å². The number of methoxy groups -OCH3 is 2. The normalized spacial score (nSPS) is 15.3. The van der Waals surface area contributed by atoms with Crippen molar-refractivity contribution in [2.45, 2.75) is 37.5 Å². The second kappa shape index (κ2) is 9.49. The van der Waals surface area contributed by atoms with Gasteiger partial charge in [0.05, 0.1) is 19.9 Å². The van der Waals surface area contributed by atoms with Gasteiger partial charge in [-0.05, 0) is 55.7 Å². The molecule has 0 radical (unpaired) electrons. The van der Waals surface area contributed by atoms with E-state index in [4.69, 9.17) is 9.47 Å². The Bertz CT molecular complexity index is 1010. The highest BCUT2D eigenvalue weighted by molar-refractivity contribution is 7.89. The van der Waals surface area contributed by atoms with E-state index in [0.717, 1.165) is 31.2 Å². The average Bonchev–Trinajstić information content (AvgIpc) is 3.03. The third-order valence-corrected chi connectivity index (χ3v) is 7.13. The zero-order valence-corrected chi connectivity index (χ0v) is 18.4. The smallest absolute Gasteiger partial charge is 0.255 e. The van der Waals surface area contributed by atoms with Crippen LogP contribution in [0.5, 0.6) is 11.5 Å². The number of sulfonamides is 1. The molecule has 8 heteroatoms. The number of carbonyl (C=O) groups is 1. The van der Waals surface area contributed by atoms with E-state index in [1.165, 1.54) is 30.7 Å². The topological polar surface area (TPSA) is 84.9 Å². The molecule has 0 saturated carbocycles. The Morgan fingerprint density at radius 3 is 2.20 bits per heavy atom. The van der Waals surface area contributed by atoms with E-state index in [0.29, 0.717) is 24.5 Å². The Hall–Kier alpha value is -2.58. The SMILES string of the molecule is COc1ccc(C)cc1NC(=O)c1ccc(OC)c(S(=O)(=O)N2CCCCCC2)c1. The molecule has 0 spiro atoms. The fourth-order valence-corrected chi connectivity index (χ4v) is 5.25. The predicted octanol–water partition coefficient (Wildman–Crippen LogP) is 3.83.